The molecule has 0 spiro atoms. The van der Waals surface area contributed by atoms with Crippen LogP contribution in [0.1, 0.15) is 17.5 Å². The molecule has 1 heterocycles. The average Bonchev–Trinajstić information content (AvgIpc) is 2.18. The lowest BCUT2D eigenvalue weighted by Crippen LogP contribution is -1.91. The Bertz CT molecular complexity index is 365. The molecule has 1 rings (SSSR count). The van der Waals surface area contributed by atoms with E-state index in [1.54, 1.807) is 13.3 Å². The molecule has 0 saturated carbocycles. The molecule has 0 bridgehead atoms. The van der Waals surface area contributed by atoms with Gasteiger partial charge in [0.15, 0.2) is 0 Å². The van der Waals surface area contributed by atoms with Gasteiger partial charge >= 0.3 is 0 Å². The summed E-state index contributed by atoms with van der Waals surface area (Å²) in [6.07, 6.45) is 2.58. The maximum atomic E-state index is 5.06. The highest BCUT2D eigenvalue weighted by molar-refractivity contribution is 9.09. The quantitative estimate of drug-likeness (QED) is 0.597. The van der Waals surface area contributed by atoms with Crippen LogP contribution in [0, 0.1) is 18.8 Å². The second-order valence-electron chi connectivity index (χ2n) is 2.79. The van der Waals surface area contributed by atoms with Crippen LogP contribution >= 0.6 is 15.9 Å². The van der Waals surface area contributed by atoms with E-state index in [9.17, 15) is 0 Å². The van der Waals surface area contributed by atoms with Gasteiger partial charge in [-0.2, -0.15) is 0 Å². The molecule has 0 saturated heterocycles. The van der Waals surface area contributed by atoms with E-state index in [0.29, 0.717) is 5.88 Å². The van der Waals surface area contributed by atoms with E-state index in [-0.39, 0.29) is 0 Å². The van der Waals surface area contributed by atoms with E-state index in [1.165, 1.54) is 0 Å². The second-order valence-corrected chi connectivity index (χ2v) is 3.58. The van der Waals surface area contributed by atoms with Gasteiger partial charge in [0.05, 0.1) is 7.11 Å². The van der Waals surface area contributed by atoms with Crippen LogP contribution < -0.4 is 4.74 Å². The van der Waals surface area contributed by atoms with Gasteiger partial charge in [0, 0.05) is 29.1 Å². The molecule has 0 aliphatic rings. The fourth-order valence-electron chi connectivity index (χ4n) is 1.06. The van der Waals surface area contributed by atoms with Crippen LogP contribution in [0.3, 0.4) is 0 Å². The standard InChI is InChI=1S/C11H12BrNO/c1-9-7-10(5-3-4-6-12)8-13-11(9)14-2/h7-8H,4,6H2,1-2H3. The van der Waals surface area contributed by atoms with E-state index >= 15 is 0 Å². The third-order valence-corrected chi connectivity index (χ3v) is 2.07. The highest BCUT2D eigenvalue weighted by atomic mass is 79.9. The number of halogens is 1. The minimum absolute atomic E-state index is 0.663. The Balaban J connectivity index is 2.82. The van der Waals surface area contributed by atoms with Crippen LogP contribution in [-0.2, 0) is 0 Å². The van der Waals surface area contributed by atoms with Gasteiger partial charge in [-0.3, -0.25) is 0 Å². The summed E-state index contributed by atoms with van der Waals surface area (Å²) in [7, 11) is 1.62. The molecular formula is C11H12BrNO. The molecule has 0 radical (unpaired) electrons. The Morgan fingerprint density at radius 2 is 2.36 bits per heavy atom. The highest BCUT2D eigenvalue weighted by Gasteiger charge is 1.98. The van der Waals surface area contributed by atoms with Gasteiger partial charge in [-0.25, -0.2) is 4.98 Å². The zero-order valence-electron chi connectivity index (χ0n) is 8.30. The van der Waals surface area contributed by atoms with E-state index in [1.807, 2.05) is 13.0 Å². The van der Waals surface area contributed by atoms with Crippen molar-refractivity contribution in [3.63, 3.8) is 0 Å². The summed E-state index contributed by atoms with van der Waals surface area (Å²) in [5, 5.41) is 0.905. The van der Waals surface area contributed by atoms with Crippen molar-refractivity contribution in [3.05, 3.63) is 23.4 Å². The minimum atomic E-state index is 0.663. The Morgan fingerprint density at radius 1 is 1.57 bits per heavy atom. The molecule has 0 aromatic carbocycles. The third kappa shape index (κ3) is 3.04. The summed E-state index contributed by atoms with van der Waals surface area (Å²) in [6.45, 7) is 1.96. The van der Waals surface area contributed by atoms with Crippen molar-refractivity contribution in [3.8, 4) is 17.7 Å². The zero-order valence-corrected chi connectivity index (χ0v) is 9.89. The monoisotopic (exact) mass is 253 g/mol. The molecule has 74 valence electrons. The summed E-state index contributed by atoms with van der Waals surface area (Å²) in [6, 6.07) is 1.98. The van der Waals surface area contributed by atoms with Crippen LogP contribution in [0.5, 0.6) is 5.88 Å². The highest BCUT2D eigenvalue weighted by Crippen LogP contribution is 2.13. The number of methoxy groups -OCH3 is 1. The molecule has 1 aromatic rings. The number of nitrogens with zero attached hydrogens (tertiary/aromatic N) is 1. The van der Waals surface area contributed by atoms with E-state index in [0.717, 1.165) is 22.9 Å². The van der Waals surface area contributed by atoms with Gasteiger partial charge in [0.2, 0.25) is 5.88 Å². The number of pyridine rings is 1. The van der Waals surface area contributed by atoms with Crippen molar-refractivity contribution in [2.75, 3.05) is 12.4 Å². The molecule has 0 unspecified atom stereocenters. The van der Waals surface area contributed by atoms with Crippen molar-refractivity contribution in [1.29, 1.82) is 0 Å². The number of aryl methyl sites for hydroxylation is 1. The van der Waals surface area contributed by atoms with Crippen LogP contribution in [0.2, 0.25) is 0 Å². The normalized spacial score (nSPS) is 9.07. The van der Waals surface area contributed by atoms with Crippen LogP contribution in [0.15, 0.2) is 12.3 Å². The van der Waals surface area contributed by atoms with Crippen molar-refractivity contribution >= 4 is 15.9 Å². The number of aromatic nitrogens is 1. The first-order valence-electron chi connectivity index (χ1n) is 4.33. The smallest absolute Gasteiger partial charge is 0.215 e. The van der Waals surface area contributed by atoms with E-state index in [4.69, 9.17) is 4.74 Å². The molecule has 3 heteroatoms. The molecule has 1 aromatic heterocycles. The van der Waals surface area contributed by atoms with Crippen molar-refractivity contribution in [2.24, 2.45) is 0 Å². The lowest BCUT2D eigenvalue weighted by molar-refractivity contribution is 0.394. The van der Waals surface area contributed by atoms with Crippen molar-refractivity contribution in [1.82, 2.24) is 4.98 Å². The van der Waals surface area contributed by atoms with Crippen LogP contribution in [0.25, 0.3) is 0 Å². The topological polar surface area (TPSA) is 22.1 Å². The maximum absolute atomic E-state index is 5.06. The molecule has 0 aliphatic heterocycles. The molecule has 0 amide bonds. The molecule has 0 atom stereocenters. The summed E-state index contributed by atoms with van der Waals surface area (Å²) in [5.74, 6) is 6.74. The van der Waals surface area contributed by atoms with Crippen LogP contribution in [0.4, 0.5) is 0 Å². The lowest BCUT2D eigenvalue weighted by atomic mass is 10.2. The lowest BCUT2D eigenvalue weighted by Gasteiger charge is -2.01. The van der Waals surface area contributed by atoms with Gasteiger partial charge in [0.25, 0.3) is 0 Å². The van der Waals surface area contributed by atoms with Gasteiger partial charge in [-0.1, -0.05) is 27.8 Å². The number of alkyl halides is 1. The molecule has 2 nitrogen and oxygen atoms in total. The minimum Gasteiger partial charge on any atom is -0.481 e. The molecule has 14 heavy (non-hydrogen) atoms. The van der Waals surface area contributed by atoms with E-state index < -0.39 is 0 Å². The first-order chi connectivity index (χ1) is 6.77. The number of hydrogen-bond donors (Lipinski definition) is 0. The number of hydrogen-bond acceptors (Lipinski definition) is 2. The van der Waals surface area contributed by atoms with Crippen molar-refractivity contribution in [2.45, 2.75) is 13.3 Å². The number of ether oxygens (including phenoxy) is 1. The second kappa shape index (κ2) is 5.66. The number of rotatable bonds is 2. The summed E-state index contributed by atoms with van der Waals surface area (Å²) in [5.41, 5.74) is 1.95. The molecule has 0 N–H and O–H groups in total. The zero-order chi connectivity index (χ0) is 10.4. The first-order valence-corrected chi connectivity index (χ1v) is 5.45. The predicted octanol–water partition coefficient (Wildman–Crippen LogP) is 2.54. The summed E-state index contributed by atoms with van der Waals surface area (Å²) < 4.78 is 5.06. The van der Waals surface area contributed by atoms with Gasteiger partial charge in [-0.05, 0) is 13.0 Å². The third-order valence-electron chi connectivity index (χ3n) is 1.68. The fraction of sp³-hybridized carbons (Fsp3) is 0.364. The Labute approximate surface area is 92.8 Å². The summed E-state index contributed by atoms with van der Waals surface area (Å²) in [4.78, 5) is 4.14. The molecule has 0 aliphatic carbocycles. The molecule has 0 fully saturated rings. The van der Waals surface area contributed by atoms with Gasteiger partial charge in [0.1, 0.15) is 0 Å². The molecular weight excluding hydrogens is 242 g/mol. The summed E-state index contributed by atoms with van der Waals surface area (Å²) >= 11 is 3.32. The SMILES string of the molecule is COc1ncc(C#CCCBr)cc1C. The van der Waals surface area contributed by atoms with Gasteiger partial charge in [-0.15, -0.1) is 0 Å². The predicted molar refractivity (Wildman–Crippen MR) is 60.8 cm³/mol. The Morgan fingerprint density at radius 3 is 2.93 bits per heavy atom. The maximum Gasteiger partial charge on any atom is 0.215 e. The van der Waals surface area contributed by atoms with Crippen molar-refractivity contribution < 1.29 is 4.74 Å². The first kappa shape index (κ1) is 11.1. The fourth-order valence-corrected chi connectivity index (χ4v) is 1.25. The van der Waals surface area contributed by atoms with Gasteiger partial charge < -0.3 is 4.74 Å². The van der Waals surface area contributed by atoms with E-state index in [2.05, 4.69) is 32.8 Å². The largest absolute Gasteiger partial charge is 0.481 e. The Kier molecular flexibility index (Phi) is 4.48. The average molecular weight is 254 g/mol. The van der Waals surface area contributed by atoms with Crippen LogP contribution in [-0.4, -0.2) is 17.4 Å². The Hall–Kier alpha value is -1.01.